The van der Waals surface area contributed by atoms with Crippen LogP contribution in [0, 0.1) is 5.82 Å². The summed E-state index contributed by atoms with van der Waals surface area (Å²) < 4.78 is 15.0. The molecule has 3 heterocycles. The van der Waals surface area contributed by atoms with Gasteiger partial charge in [-0.2, -0.15) is 4.98 Å². The Morgan fingerprint density at radius 2 is 2.04 bits per heavy atom. The number of imidazole rings is 1. The molecule has 0 aromatic carbocycles. The number of anilines is 3. The summed E-state index contributed by atoms with van der Waals surface area (Å²) in [6, 6.07) is 0. The zero-order chi connectivity index (χ0) is 18.3. The number of nitrogens with two attached hydrogens (primary N) is 1. The molecular formula is C17H19FN8. The highest BCUT2D eigenvalue weighted by atomic mass is 19.1. The fourth-order valence-corrected chi connectivity index (χ4v) is 3.48. The van der Waals surface area contributed by atoms with Gasteiger partial charge in [-0.05, 0) is 18.8 Å². The van der Waals surface area contributed by atoms with Crippen molar-refractivity contribution in [3.05, 3.63) is 47.8 Å². The molecule has 3 N–H and O–H groups in total. The summed E-state index contributed by atoms with van der Waals surface area (Å²) >= 11 is 0. The van der Waals surface area contributed by atoms with Crippen molar-refractivity contribution in [1.29, 1.82) is 0 Å². The van der Waals surface area contributed by atoms with Crippen LogP contribution in [0.1, 0.15) is 42.3 Å². The van der Waals surface area contributed by atoms with Crippen LogP contribution >= 0.6 is 0 Å². The lowest BCUT2D eigenvalue weighted by molar-refractivity contribution is 0.535. The Morgan fingerprint density at radius 3 is 2.73 bits per heavy atom. The SMILES string of the molecule is C[C@H](c1ncc(F)cn1)C1CCc2nc(N)nc(Nc3cn(C)cn3)c21. The zero-order valence-electron chi connectivity index (χ0n) is 14.5. The van der Waals surface area contributed by atoms with Crippen LogP contribution in [0.15, 0.2) is 24.9 Å². The quantitative estimate of drug-likeness (QED) is 0.740. The van der Waals surface area contributed by atoms with Gasteiger partial charge >= 0.3 is 0 Å². The van der Waals surface area contributed by atoms with Crippen LogP contribution in [0.5, 0.6) is 0 Å². The highest BCUT2D eigenvalue weighted by Gasteiger charge is 2.34. The molecule has 0 saturated carbocycles. The molecule has 1 unspecified atom stereocenters. The van der Waals surface area contributed by atoms with Gasteiger partial charge in [-0.1, -0.05) is 6.92 Å². The van der Waals surface area contributed by atoms with Crippen molar-refractivity contribution >= 4 is 17.6 Å². The first-order valence-corrected chi connectivity index (χ1v) is 8.40. The van der Waals surface area contributed by atoms with Crippen LogP contribution in [0.3, 0.4) is 0 Å². The minimum Gasteiger partial charge on any atom is -0.368 e. The van der Waals surface area contributed by atoms with Crippen molar-refractivity contribution in [3.8, 4) is 0 Å². The number of nitrogens with zero attached hydrogens (tertiary/aromatic N) is 6. The average Bonchev–Trinajstić information content (AvgIpc) is 3.21. The molecule has 0 spiro atoms. The summed E-state index contributed by atoms with van der Waals surface area (Å²) in [5.74, 6) is 1.84. The van der Waals surface area contributed by atoms with Crippen LogP contribution in [-0.4, -0.2) is 29.5 Å². The summed E-state index contributed by atoms with van der Waals surface area (Å²) in [7, 11) is 1.90. The molecule has 9 heteroatoms. The van der Waals surface area contributed by atoms with E-state index in [1.807, 2.05) is 24.7 Å². The van der Waals surface area contributed by atoms with E-state index in [1.165, 1.54) is 12.4 Å². The third kappa shape index (κ3) is 2.96. The van der Waals surface area contributed by atoms with Crippen LogP contribution in [0.4, 0.5) is 22.0 Å². The number of nitrogens with one attached hydrogen (secondary N) is 1. The highest BCUT2D eigenvalue weighted by Crippen LogP contribution is 2.44. The predicted molar refractivity (Wildman–Crippen MR) is 94.4 cm³/mol. The maximum Gasteiger partial charge on any atom is 0.222 e. The Balaban J connectivity index is 1.71. The first-order chi connectivity index (χ1) is 12.5. The predicted octanol–water partition coefficient (Wildman–Crippen LogP) is 2.30. The summed E-state index contributed by atoms with van der Waals surface area (Å²) in [4.78, 5) is 21.4. The summed E-state index contributed by atoms with van der Waals surface area (Å²) in [6.45, 7) is 2.04. The Labute approximate surface area is 149 Å². The molecule has 0 fully saturated rings. The van der Waals surface area contributed by atoms with Crippen molar-refractivity contribution in [2.24, 2.45) is 7.05 Å². The molecule has 0 aliphatic heterocycles. The van der Waals surface area contributed by atoms with Crippen LogP contribution in [-0.2, 0) is 13.5 Å². The summed E-state index contributed by atoms with van der Waals surface area (Å²) in [6.07, 6.45) is 7.64. The fourth-order valence-electron chi connectivity index (χ4n) is 3.48. The lowest BCUT2D eigenvalue weighted by atomic mass is 9.88. The van der Waals surface area contributed by atoms with Crippen LogP contribution in [0.25, 0.3) is 0 Å². The van der Waals surface area contributed by atoms with E-state index < -0.39 is 5.82 Å². The second kappa shape index (κ2) is 6.32. The van der Waals surface area contributed by atoms with E-state index in [0.717, 1.165) is 24.1 Å². The van der Waals surface area contributed by atoms with Crippen molar-refractivity contribution in [2.45, 2.75) is 31.6 Å². The second-order valence-electron chi connectivity index (χ2n) is 6.53. The molecule has 1 aliphatic carbocycles. The molecule has 2 atom stereocenters. The smallest absolute Gasteiger partial charge is 0.222 e. The van der Waals surface area contributed by atoms with Crippen molar-refractivity contribution in [2.75, 3.05) is 11.1 Å². The molecule has 1 aliphatic rings. The van der Waals surface area contributed by atoms with Crippen molar-refractivity contribution < 1.29 is 4.39 Å². The molecule has 0 saturated heterocycles. The Morgan fingerprint density at radius 1 is 1.27 bits per heavy atom. The number of rotatable bonds is 4. The van der Waals surface area contributed by atoms with Crippen molar-refractivity contribution in [1.82, 2.24) is 29.5 Å². The minimum atomic E-state index is -0.443. The molecule has 8 nitrogen and oxygen atoms in total. The van der Waals surface area contributed by atoms with Gasteiger partial charge in [-0.25, -0.2) is 24.3 Å². The van der Waals surface area contributed by atoms with E-state index in [1.54, 1.807) is 6.33 Å². The Kier molecular flexibility index (Phi) is 3.98. The summed E-state index contributed by atoms with van der Waals surface area (Å²) in [5.41, 5.74) is 7.82. The van der Waals surface area contributed by atoms with Gasteiger partial charge in [0.05, 0.1) is 24.4 Å². The van der Waals surface area contributed by atoms with Gasteiger partial charge in [0.1, 0.15) is 17.5 Å². The maximum absolute atomic E-state index is 13.1. The highest BCUT2D eigenvalue weighted by molar-refractivity contribution is 5.61. The van der Waals surface area contributed by atoms with E-state index in [9.17, 15) is 4.39 Å². The number of fused-ring (bicyclic) bond motifs is 1. The molecule has 0 bridgehead atoms. The third-order valence-electron chi connectivity index (χ3n) is 4.71. The fraction of sp³-hybridized carbons (Fsp3) is 0.353. The van der Waals surface area contributed by atoms with Crippen LogP contribution in [0.2, 0.25) is 0 Å². The Bertz CT molecular complexity index is 936. The lowest BCUT2D eigenvalue weighted by Crippen LogP contribution is -2.13. The van der Waals surface area contributed by atoms with E-state index in [-0.39, 0.29) is 17.8 Å². The van der Waals surface area contributed by atoms with E-state index in [4.69, 9.17) is 5.73 Å². The van der Waals surface area contributed by atoms with E-state index >= 15 is 0 Å². The number of halogens is 1. The molecule has 0 amide bonds. The molecule has 4 rings (SSSR count). The van der Waals surface area contributed by atoms with Crippen LogP contribution < -0.4 is 11.1 Å². The number of aryl methyl sites for hydroxylation is 2. The number of hydrogen-bond acceptors (Lipinski definition) is 7. The second-order valence-corrected chi connectivity index (χ2v) is 6.53. The summed E-state index contributed by atoms with van der Waals surface area (Å²) in [5, 5.41) is 3.25. The minimum absolute atomic E-state index is 0.00615. The normalized spacial score (nSPS) is 17.1. The lowest BCUT2D eigenvalue weighted by Gasteiger charge is -2.21. The first kappa shape index (κ1) is 16.4. The van der Waals surface area contributed by atoms with Gasteiger partial charge in [0.2, 0.25) is 5.95 Å². The number of hydrogen-bond donors (Lipinski definition) is 2. The largest absolute Gasteiger partial charge is 0.368 e. The van der Waals surface area contributed by atoms with Crippen molar-refractivity contribution in [3.63, 3.8) is 0 Å². The van der Waals surface area contributed by atoms with E-state index in [0.29, 0.717) is 17.5 Å². The molecular weight excluding hydrogens is 335 g/mol. The van der Waals surface area contributed by atoms with Gasteiger partial charge in [0, 0.05) is 24.7 Å². The number of aromatic nitrogens is 6. The van der Waals surface area contributed by atoms with Gasteiger partial charge in [-0.15, -0.1) is 0 Å². The average molecular weight is 354 g/mol. The monoisotopic (exact) mass is 354 g/mol. The maximum atomic E-state index is 13.1. The van der Waals surface area contributed by atoms with Gasteiger partial charge in [0.25, 0.3) is 0 Å². The zero-order valence-corrected chi connectivity index (χ0v) is 14.5. The molecule has 3 aromatic heterocycles. The molecule has 26 heavy (non-hydrogen) atoms. The molecule has 3 aromatic rings. The molecule has 0 radical (unpaired) electrons. The standard InChI is InChI=1S/C17H19FN8/c1-9(15-20-5-10(18)6-21-15)11-3-4-12-14(11)16(25-17(19)23-12)24-13-7-26(2)8-22-13/h5-9,11H,3-4H2,1-2H3,(H3,19,23,24,25)/t9-,11?/m0/s1. The molecule has 134 valence electrons. The Hall–Kier alpha value is -3.10. The third-order valence-corrected chi connectivity index (χ3v) is 4.71. The number of nitrogen functional groups attached to an aromatic ring is 1. The first-order valence-electron chi connectivity index (χ1n) is 8.40. The van der Waals surface area contributed by atoms with Gasteiger partial charge < -0.3 is 15.6 Å². The van der Waals surface area contributed by atoms with Gasteiger partial charge in [0.15, 0.2) is 5.82 Å². The van der Waals surface area contributed by atoms with E-state index in [2.05, 4.69) is 30.2 Å². The van der Waals surface area contributed by atoms with Gasteiger partial charge in [-0.3, -0.25) is 0 Å². The topological polar surface area (TPSA) is 107 Å².